The molecule has 1 aromatic carbocycles. The van der Waals surface area contributed by atoms with Gasteiger partial charge in [0, 0.05) is 0 Å². The molecule has 0 unspecified atom stereocenters. The number of rotatable bonds is 7. The number of hydrogen-bond acceptors (Lipinski definition) is 11. The van der Waals surface area contributed by atoms with Crippen LogP contribution in [0.25, 0.3) is 0 Å². The predicted molar refractivity (Wildman–Crippen MR) is 99.6 cm³/mol. The van der Waals surface area contributed by atoms with Gasteiger partial charge in [-0.25, -0.2) is 0 Å². The van der Waals surface area contributed by atoms with E-state index in [0.717, 1.165) is 5.56 Å². The maximum Gasteiger partial charge on any atom is 0.187 e. The van der Waals surface area contributed by atoms with E-state index in [1.165, 1.54) is 0 Å². The molecule has 0 radical (unpaired) electrons. The first-order chi connectivity index (χ1) is 14.4. The summed E-state index contributed by atoms with van der Waals surface area (Å²) < 4.78 is 22.2. The second-order valence-corrected chi connectivity index (χ2v) is 7.39. The first-order valence-electron chi connectivity index (χ1n) is 9.68. The SMILES string of the molecule is N[C@H]1[C@@H](OCc2ccccc2)O[C@H](CO)[C@@H](O)[C@@H]1O[C@@H]1O[C@H](CO)[C@H](O)[C@H](O)[C@H]1O. The highest BCUT2D eigenvalue weighted by atomic mass is 16.7. The molecule has 30 heavy (non-hydrogen) atoms. The van der Waals surface area contributed by atoms with Gasteiger partial charge in [-0.2, -0.15) is 0 Å². The van der Waals surface area contributed by atoms with Crippen molar-refractivity contribution in [2.75, 3.05) is 13.2 Å². The Bertz CT molecular complexity index is 649. The fourth-order valence-corrected chi connectivity index (χ4v) is 3.50. The third-order valence-electron chi connectivity index (χ3n) is 5.30. The number of aliphatic hydroxyl groups is 6. The van der Waals surface area contributed by atoms with Gasteiger partial charge in [0.25, 0.3) is 0 Å². The number of aliphatic hydroxyl groups excluding tert-OH is 6. The molecule has 0 aromatic heterocycles. The quantitative estimate of drug-likeness (QED) is 0.231. The molecule has 2 fully saturated rings. The smallest absolute Gasteiger partial charge is 0.187 e. The fourth-order valence-electron chi connectivity index (χ4n) is 3.50. The zero-order chi connectivity index (χ0) is 21.8. The van der Waals surface area contributed by atoms with Crippen molar-refractivity contribution < 1.29 is 49.6 Å². The lowest BCUT2D eigenvalue weighted by Gasteiger charge is -2.46. The minimum atomic E-state index is -1.67. The minimum absolute atomic E-state index is 0.153. The van der Waals surface area contributed by atoms with Gasteiger partial charge in [0.05, 0.1) is 25.9 Å². The Hall–Kier alpha value is -1.22. The zero-order valence-electron chi connectivity index (χ0n) is 16.2. The van der Waals surface area contributed by atoms with Crippen LogP contribution in [0.15, 0.2) is 30.3 Å². The monoisotopic (exact) mass is 431 g/mol. The largest absolute Gasteiger partial charge is 0.394 e. The summed E-state index contributed by atoms with van der Waals surface area (Å²) in [4.78, 5) is 0. The molecule has 3 rings (SSSR count). The summed E-state index contributed by atoms with van der Waals surface area (Å²) in [6, 6.07) is 8.18. The van der Waals surface area contributed by atoms with Gasteiger partial charge in [-0.1, -0.05) is 30.3 Å². The Morgan fingerprint density at radius 1 is 0.800 bits per heavy atom. The van der Waals surface area contributed by atoms with Crippen molar-refractivity contribution in [3.8, 4) is 0 Å². The maximum absolute atomic E-state index is 10.5. The molecule has 170 valence electrons. The summed E-state index contributed by atoms with van der Waals surface area (Å²) in [5, 5.41) is 59.4. The number of benzene rings is 1. The highest BCUT2D eigenvalue weighted by Gasteiger charge is 2.50. The van der Waals surface area contributed by atoms with Crippen molar-refractivity contribution in [3.63, 3.8) is 0 Å². The molecule has 8 N–H and O–H groups in total. The van der Waals surface area contributed by atoms with Crippen molar-refractivity contribution in [2.24, 2.45) is 5.73 Å². The van der Waals surface area contributed by atoms with Crippen LogP contribution in [-0.4, -0.2) is 105 Å². The van der Waals surface area contributed by atoms with E-state index < -0.39 is 74.6 Å². The Kier molecular flexibility index (Phi) is 8.12. The average molecular weight is 431 g/mol. The molecule has 2 aliphatic heterocycles. The Labute approximate surface area is 173 Å². The second kappa shape index (κ2) is 10.4. The van der Waals surface area contributed by atoms with Crippen molar-refractivity contribution in [2.45, 2.75) is 68.0 Å². The topological polar surface area (TPSA) is 184 Å². The van der Waals surface area contributed by atoms with Gasteiger partial charge in [0.2, 0.25) is 0 Å². The lowest BCUT2D eigenvalue weighted by Crippen LogP contribution is -2.66. The van der Waals surface area contributed by atoms with E-state index in [1.54, 1.807) is 0 Å². The van der Waals surface area contributed by atoms with Crippen LogP contribution in [0.5, 0.6) is 0 Å². The van der Waals surface area contributed by atoms with Crippen LogP contribution in [0, 0.1) is 0 Å². The molecule has 0 spiro atoms. The van der Waals surface area contributed by atoms with Gasteiger partial charge in [-0.05, 0) is 5.56 Å². The van der Waals surface area contributed by atoms with Crippen LogP contribution >= 0.6 is 0 Å². The first kappa shape index (κ1) is 23.4. The van der Waals surface area contributed by atoms with E-state index in [1.807, 2.05) is 30.3 Å². The van der Waals surface area contributed by atoms with E-state index in [9.17, 15) is 30.6 Å². The van der Waals surface area contributed by atoms with Crippen LogP contribution < -0.4 is 5.73 Å². The van der Waals surface area contributed by atoms with Crippen LogP contribution in [0.1, 0.15) is 5.56 Å². The van der Waals surface area contributed by atoms with Gasteiger partial charge >= 0.3 is 0 Å². The van der Waals surface area contributed by atoms with Gasteiger partial charge in [0.15, 0.2) is 12.6 Å². The Morgan fingerprint density at radius 2 is 1.40 bits per heavy atom. The zero-order valence-corrected chi connectivity index (χ0v) is 16.2. The van der Waals surface area contributed by atoms with Crippen molar-refractivity contribution in [3.05, 3.63) is 35.9 Å². The maximum atomic E-state index is 10.5. The summed E-state index contributed by atoms with van der Waals surface area (Å²) in [5.41, 5.74) is 7.02. The number of ether oxygens (including phenoxy) is 4. The normalized spacial score (nSPS) is 42.2. The molecule has 2 heterocycles. The van der Waals surface area contributed by atoms with Gasteiger partial charge < -0.3 is 55.3 Å². The van der Waals surface area contributed by atoms with Crippen LogP contribution in [0.4, 0.5) is 0 Å². The van der Waals surface area contributed by atoms with E-state index in [4.69, 9.17) is 24.7 Å². The molecule has 11 heteroatoms. The standard InChI is InChI=1S/C19H29NO10/c20-12-17(30-19-16(26)15(25)13(23)10(6-21)29-19)14(24)11(7-22)28-18(12)27-8-9-4-2-1-3-5-9/h1-5,10-19,21-26H,6-8,20H2/t10-,11-,12-,13+,14-,15+,16-,17-,18+,19+/m1/s1. The summed E-state index contributed by atoms with van der Waals surface area (Å²) in [5.74, 6) is 0. The first-order valence-corrected chi connectivity index (χ1v) is 9.68. The summed E-state index contributed by atoms with van der Waals surface area (Å²) in [7, 11) is 0. The van der Waals surface area contributed by atoms with E-state index >= 15 is 0 Å². The molecular weight excluding hydrogens is 402 g/mol. The van der Waals surface area contributed by atoms with Gasteiger partial charge in [-0.3, -0.25) is 0 Å². The lowest BCUT2D eigenvalue weighted by molar-refractivity contribution is -0.343. The highest BCUT2D eigenvalue weighted by molar-refractivity contribution is 5.13. The molecule has 0 aliphatic carbocycles. The van der Waals surface area contributed by atoms with E-state index in [-0.39, 0.29) is 6.61 Å². The van der Waals surface area contributed by atoms with Crippen LogP contribution in [0.2, 0.25) is 0 Å². The molecule has 11 nitrogen and oxygen atoms in total. The third-order valence-corrected chi connectivity index (χ3v) is 5.30. The Morgan fingerprint density at radius 3 is 2.03 bits per heavy atom. The molecule has 1 aromatic rings. The molecular formula is C19H29NO10. The lowest BCUT2D eigenvalue weighted by atomic mass is 9.96. The van der Waals surface area contributed by atoms with Crippen molar-refractivity contribution >= 4 is 0 Å². The van der Waals surface area contributed by atoms with Crippen LogP contribution in [-0.2, 0) is 25.6 Å². The summed E-state index contributed by atoms with van der Waals surface area (Å²) >= 11 is 0. The average Bonchev–Trinajstić information content (AvgIpc) is 2.76. The molecule has 0 amide bonds. The predicted octanol–water partition coefficient (Wildman–Crippen LogP) is -3.21. The van der Waals surface area contributed by atoms with E-state index in [0.29, 0.717) is 0 Å². The third kappa shape index (κ3) is 4.98. The van der Waals surface area contributed by atoms with E-state index in [2.05, 4.69) is 0 Å². The van der Waals surface area contributed by atoms with Gasteiger partial charge in [-0.15, -0.1) is 0 Å². The minimum Gasteiger partial charge on any atom is -0.394 e. The fraction of sp³-hybridized carbons (Fsp3) is 0.684. The van der Waals surface area contributed by atoms with Crippen molar-refractivity contribution in [1.82, 2.24) is 0 Å². The summed E-state index contributed by atoms with van der Waals surface area (Å²) in [6.07, 6.45) is -12.3. The molecule has 0 bridgehead atoms. The molecule has 2 aliphatic rings. The number of hydrogen-bond donors (Lipinski definition) is 7. The van der Waals surface area contributed by atoms with Crippen LogP contribution in [0.3, 0.4) is 0 Å². The molecule has 2 saturated heterocycles. The molecule has 10 atom stereocenters. The van der Waals surface area contributed by atoms with Crippen molar-refractivity contribution in [1.29, 1.82) is 0 Å². The molecule has 0 saturated carbocycles. The van der Waals surface area contributed by atoms with Gasteiger partial charge in [0.1, 0.15) is 42.7 Å². The highest BCUT2D eigenvalue weighted by Crippen LogP contribution is 2.29. The number of nitrogens with two attached hydrogens (primary N) is 1. The Balaban J connectivity index is 1.71. The second-order valence-electron chi connectivity index (χ2n) is 7.39. The summed E-state index contributed by atoms with van der Waals surface area (Å²) in [6.45, 7) is -1.02.